The molecule has 0 amide bonds. The summed E-state index contributed by atoms with van der Waals surface area (Å²) in [5.41, 5.74) is 0. The fourth-order valence-electron chi connectivity index (χ4n) is 1.01. The second-order valence-electron chi connectivity index (χ2n) is 3.80. The molecule has 1 N–H and O–H groups in total. The Labute approximate surface area is 85.0 Å². The summed E-state index contributed by atoms with van der Waals surface area (Å²) in [6, 6.07) is 0.550. The normalized spacial score (nSPS) is 15.9. The molecule has 0 radical (unpaired) electrons. The van der Waals surface area contributed by atoms with Crippen LogP contribution in [0.5, 0.6) is 0 Å². The molecule has 1 fully saturated rings. The van der Waals surface area contributed by atoms with Gasteiger partial charge in [0.2, 0.25) is 0 Å². The summed E-state index contributed by atoms with van der Waals surface area (Å²) in [5, 5.41) is 3.09. The first-order chi connectivity index (χ1) is 6.68. The van der Waals surface area contributed by atoms with Gasteiger partial charge in [0, 0.05) is 6.04 Å². The van der Waals surface area contributed by atoms with Gasteiger partial charge in [0.25, 0.3) is 0 Å². The monoisotopic (exact) mass is 201 g/mol. The average Bonchev–Trinajstić information content (AvgIpc) is 2.92. The molecule has 1 saturated carbocycles. The molecule has 1 aliphatic rings. The van der Waals surface area contributed by atoms with Crippen molar-refractivity contribution in [1.29, 1.82) is 0 Å². The number of hydrogen-bond acceptors (Lipinski definition) is 4. The van der Waals surface area contributed by atoms with Crippen LogP contribution in [0.3, 0.4) is 0 Å². The zero-order valence-electron chi connectivity index (χ0n) is 8.91. The van der Waals surface area contributed by atoms with Gasteiger partial charge in [-0.1, -0.05) is 0 Å². The van der Waals surface area contributed by atoms with E-state index in [4.69, 9.17) is 9.47 Å². The van der Waals surface area contributed by atoms with Crippen molar-refractivity contribution in [3.05, 3.63) is 0 Å². The summed E-state index contributed by atoms with van der Waals surface area (Å²) >= 11 is 0. The zero-order chi connectivity index (χ0) is 10.4. The Kier molecular flexibility index (Phi) is 4.90. The van der Waals surface area contributed by atoms with Gasteiger partial charge in [0.05, 0.1) is 19.3 Å². The summed E-state index contributed by atoms with van der Waals surface area (Å²) in [6.45, 7) is 5.06. The summed E-state index contributed by atoms with van der Waals surface area (Å²) in [5.74, 6) is -0.191. The first kappa shape index (κ1) is 11.5. The van der Waals surface area contributed by atoms with E-state index in [1.807, 2.05) is 13.8 Å². The second kappa shape index (κ2) is 5.98. The zero-order valence-corrected chi connectivity index (χ0v) is 8.91. The van der Waals surface area contributed by atoms with Crippen molar-refractivity contribution in [2.75, 3.05) is 19.8 Å². The first-order valence-corrected chi connectivity index (χ1v) is 5.19. The van der Waals surface area contributed by atoms with E-state index in [2.05, 4.69) is 5.32 Å². The maximum atomic E-state index is 11.1. The van der Waals surface area contributed by atoms with E-state index in [1.54, 1.807) is 0 Å². The second-order valence-corrected chi connectivity index (χ2v) is 3.80. The highest BCUT2D eigenvalue weighted by Crippen LogP contribution is 2.17. The van der Waals surface area contributed by atoms with Gasteiger partial charge in [-0.05, 0) is 26.7 Å². The third kappa shape index (κ3) is 5.94. The lowest BCUT2D eigenvalue weighted by molar-refractivity contribution is -0.144. The molecule has 0 aromatic carbocycles. The van der Waals surface area contributed by atoms with Crippen molar-refractivity contribution >= 4 is 5.97 Å². The predicted octanol–water partition coefficient (Wildman–Crippen LogP) is 0.707. The Balaban J connectivity index is 1.86. The largest absolute Gasteiger partial charge is 0.462 e. The maximum absolute atomic E-state index is 11.1. The predicted molar refractivity (Wildman–Crippen MR) is 53.1 cm³/mol. The number of hydrogen-bond donors (Lipinski definition) is 1. The highest BCUT2D eigenvalue weighted by Gasteiger charge is 2.21. The highest BCUT2D eigenvalue weighted by atomic mass is 16.6. The van der Waals surface area contributed by atoms with E-state index in [1.165, 1.54) is 12.8 Å². The van der Waals surface area contributed by atoms with Crippen LogP contribution in [0.2, 0.25) is 0 Å². The van der Waals surface area contributed by atoms with E-state index >= 15 is 0 Å². The van der Waals surface area contributed by atoms with Crippen LogP contribution in [0, 0.1) is 0 Å². The van der Waals surface area contributed by atoms with Gasteiger partial charge >= 0.3 is 5.97 Å². The molecule has 0 aromatic rings. The van der Waals surface area contributed by atoms with Gasteiger partial charge in [-0.15, -0.1) is 0 Å². The molecule has 14 heavy (non-hydrogen) atoms. The topological polar surface area (TPSA) is 47.6 Å². The quantitative estimate of drug-likeness (QED) is 0.486. The van der Waals surface area contributed by atoms with Crippen LogP contribution in [0.15, 0.2) is 0 Å². The lowest BCUT2D eigenvalue weighted by Crippen LogP contribution is -2.27. The third-order valence-electron chi connectivity index (χ3n) is 1.91. The van der Waals surface area contributed by atoms with Crippen molar-refractivity contribution in [3.8, 4) is 0 Å². The van der Waals surface area contributed by atoms with Crippen LogP contribution in [-0.2, 0) is 14.3 Å². The number of carbonyl (C=O) groups is 1. The van der Waals surface area contributed by atoms with Gasteiger partial charge < -0.3 is 14.8 Å². The summed E-state index contributed by atoms with van der Waals surface area (Å²) < 4.78 is 10.2. The lowest BCUT2D eigenvalue weighted by Gasteiger charge is -2.08. The van der Waals surface area contributed by atoms with Gasteiger partial charge in [-0.25, -0.2) is 0 Å². The average molecular weight is 201 g/mol. The summed E-state index contributed by atoms with van der Waals surface area (Å²) in [6.07, 6.45) is 2.56. The fourth-order valence-corrected chi connectivity index (χ4v) is 1.01. The SMILES string of the molecule is CC(C)OCCOC(=O)CNC1CC1. The van der Waals surface area contributed by atoms with Crippen LogP contribution < -0.4 is 5.32 Å². The minimum Gasteiger partial charge on any atom is -0.462 e. The Bertz CT molecular complexity index is 178. The standard InChI is InChI=1S/C10H19NO3/c1-8(2)13-5-6-14-10(12)7-11-9-3-4-9/h8-9,11H,3-7H2,1-2H3. The van der Waals surface area contributed by atoms with Gasteiger partial charge in [0.15, 0.2) is 0 Å². The lowest BCUT2D eigenvalue weighted by atomic mass is 10.5. The molecule has 0 bridgehead atoms. The molecule has 0 saturated heterocycles. The Morgan fingerprint density at radius 2 is 2.14 bits per heavy atom. The van der Waals surface area contributed by atoms with Crippen LogP contribution in [-0.4, -0.2) is 37.9 Å². The molecule has 0 atom stereocenters. The molecule has 0 spiro atoms. The molecule has 0 aliphatic heterocycles. The molecular formula is C10H19NO3. The van der Waals surface area contributed by atoms with Crippen molar-refractivity contribution in [2.24, 2.45) is 0 Å². The third-order valence-corrected chi connectivity index (χ3v) is 1.91. The number of esters is 1. The summed E-state index contributed by atoms with van der Waals surface area (Å²) in [4.78, 5) is 11.1. The first-order valence-electron chi connectivity index (χ1n) is 5.19. The smallest absolute Gasteiger partial charge is 0.320 e. The number of rotatable bonds is 7. The Morgan fingerprint density at radius 3 is 2.71 bits per heavy atom. The maximum Gasteiger partial charge on any atom is 0.320 e. The van der Waals surface area contributed by atoms with Gasteiger partial charge in [-0.2, -0.15) is 0 Å². The Morgan fingerprint density at radius 1 is 1.43 bits per heavy atom. The van der Waals surface area contributed by atoms with E-state index in [9.17, 15) is 4.79 Å². The van der Waals surface area contributed by atoms with Crippen molar-refractivity contribution < 1.29 is 14.3 Å². The number of nitrogens with one attached hydrogen (secondary N) is 1. The molecule has 82 valence electrons. The molecule has 1 rings (SSSR count). The molecule has 4 nitrogen and oxygen atoms in total. The highest BCUT2D eigenvalue weighted by molar-refractivity contribution is 5.71. The molecule has 0 unspecified atom stereocenters. The molecular weight excluding hydrogens is 182 g/mol. The molecule has 0 aromatic heterocycles. The van der Waals surface area contributed by atoms with E-state index in [0.29, 0.717) is 25.8 Å². The number of ether oxygens (including phenoxy) is 2. The fraction of sp³-hybridized carbons (Fsp3) is 0.900. The minimum absolute atomic E-state index is 0.191. The van der Waals surface area contributed by atoms with Gasteiger partial charge in [0.1, 0.15) is 6.61 Å². The van der Waals surface area contributed by atoms with Crippen molar-refractivity contribution in [2.45, 2.75) is 38.8 Å². The molecule has 0 heterocycles. The Hall–Kier alpha value is -0.610. The van der Waals surface area contributed by atoms with Crippen molar-refractivity contribution in [1.82, 2.24) is 5.32 Å². The van der Waals surface area contributed by atoms with Crippen LogP contribution in [0.1, 0.15) is 26.7 Å². The minimum atomic E-state index is -0.191. The molecule has 1 aliphatic carbocycles. The van der Waals surface area contributed by atoms with Crippen LogP contribution in [0.25, 0.3) is 0 Å². The van der Waals surface area contributed by atoms with E-state index < -0.39 is 0 Å². The van der Waals surface area contributed by atoms with Gasteiger partial charge in [-0.3, -0.25) is 4.79 Å². The van der Waals surface area contributed by atoms with Crippen LogP contribution in [0.4, 0.5) is 0 Å². The van der Waals surface area contributed by atoms with E-state index in [-0.39, 0.29) is 12.1 Å². The van der Waals surface area contributed by atoms with E-state index in [0.717, 1.165) is 0 Å². The summed E-state index contributed by atoms with van der Waals surface area (Å²) in [7, 11) is 0. The number of carbonyl (C=O) groups excluding carboxylic acids is 1. The van der Waals surface area contributed by atoms with Crippen molar-refractivity contribution in [3.63, 3.8) is 0 Å². The van der Waals surface area contributed by atoms with Crippen LogP contribution >= 0.6 is 0 Å². The molecule has 4 heteroatoms.